The average Bonchev–Trinajstić information content (AvgIpc) is 3.03. The molecule has 2 aromatic carbocycles. The van der Waals surface area contributed by atoms with Gasteiger partial charge in [0.2, 0.25) is 0 Å². The van der Waals surface area contributed by atoms with Crippen molar-refractivity contribution in [3.63, 3.8) is 0 Å². The van der Waals surface area contributed by atoms with Crippen molar-refractivity contribution < 1.29 is 4.74 Å². The van der Waals surface area contributed by atoms with Gasteiger partial charge in [0.25, 0.3) is 0 Å². The van der Waals surface area contributed by atoms with E-state index in [1.54, 1.807) is 7.11 Å². The smallest absolute Gasteiger partial charge is 0.118 e. The number of allylic oxidation sites excluding steroid dienone is 1. The van der Waals surface area contributed by atoms with E-state index in [1.165, 1.54) is 22.3 Å². The van der Waals surface area contributed by atoms with Gasteiger partial charge in [-0.3, -0.25) is 0 Å². The normalized spacial score (nSPS) is 14.3. The highest BCUT2D eigenvalue weighted by molar-refractivity contribution is 5.84. The summed E-state index contributed by atoms with van der Waals surface area (Å²) >= 11 is 0. The van der Waals surface area contributed by atoms with Gasteiger partial charge in [-0.2, -0.15) is 0 Å². The van der Waals surface area contributed by atoms with Crippen LogP contribution < -0.4 is 4.74 Å². The van der Waals surface area contributed by atoms with Crippen LogP contribution >= 0.6 is 0 Å². The Kier molecular flexibility index (Phi) is 3.87. The van der Waals surface area contributed by atoms with E-state index in [0.29, 0.717) is 0 Å². The molecule has 20 heavy (non-hydrogen) atoms. The highest BCUT2D eigenvalue weighted by atomic mass is 16.5. The number of hydrogen-bond acceptors (Lipinski definition) is 1. The van der Waals surface area contributed by atoms with Crippen molar-refractivity contribution in [2.75, 3.05) is 7.11 Å². The van der Waals surface area contributed by atoms with E-state index in [4.69, 9.17) is 4.74 Å². The van der Waals surface area contributed by atoms with Gasteiger partial charge in [-0.1, -0.05) is 48.0 Å². The standard InChI is InChI=1S/C19H18O/c1-20-18-13-11-17(12-14-18)19(16-9-5-6-10-16)15-7-3-2-4-8-15/h2-4,7-14H,5-6H2,1H3. The summed E-state index contributed by atoms with van der Waals surface area (Å²) in [6, 6.07) is 18.9. The van der Waals surface area contributed by atoms with Crippen LogP contribution in [0, 0.1) is 12.8 Å². The zero-order chi connectivity index (χ0) is 13.8. The molecule has 0 aliphatic heterocycles. The molecule has 0 aromatic heterocycles. The molecule has 0 atom stereocenters. The summed E-state index contributed by atoms with van der Waals surface area (Å²) in [5.41, 5.74) is 5.16. The number of rotatable bonds is 3. The second kappa shape index (κ2) is 5.96. The molecule has 100 valence electrons. The van der Waals surface area contributed by atoms with E-state index < -0.39 is 0 Å². The quantitative estimate of drug-likeness (QED) is 0.779. The van der Waals surface area contributed by atoms with E-state index in [2.05, 4.69) is 55.3 Å². The summed E-state index contributed by atoms with van der Waals surface area (Å²) in [6.45, 7) is 0. The zero-order valence-corrected chi connectivity index (χ0v) is 11.7. The third kappa shape index (κ3) is 2.62. The van der Waals surface area contributed by atoms with E-state index in [0.717, 1.165) is 18.6 Å². The molecule has 1 aliphatic rings. The molecule has 0 saturated heterocycles. The minimum absolute atomic E-state index is 0.894. The lowest BCUT2D eigenvalue weighted by Gasteiger charge is -2.13. The molecule has 3 rings (SSSR count). The summed E-state index contributed by atoms with van der Waals surface area (Å²) in [5.74, 6) is 0.894. The van der Waals surface area contributed by atoms with Gasteiger partial charge in [0.05, 0.1) is 7.11 Å². The first-order valence-corrected chi connectivity index (χ1v) is 6.99. The molecule has 1 saturated carbocycles. The average molecular weight is 262 g/mol. The number of ether oxygens (including phenoxy) is 1. The molecule has 0 heterocycles. The van der Waals surface area contributed by atoms with Gasteiger partial charge < -0.3 is 4.74 Å². The van der Waals surface area contributed by atoms with Gasteiger partial charge in [-0.05, 0) is 54.5 Å². The van der Waals surface area contributed by atoms with Crippen LogP contribution in [-0.2, 0) is 0 Å². The maximum atomic E-state index is 5.25. The lowest BCUT2D eigenvalue weighted by atomic mass is 9.92. The highest BCUT2D eigenvalue weighted by Gasteiger charge is 2.16. The summed E-state index contributed by atoms with van der Waals surface area (Å²) < 4.78 is 5.25. The van der Waals surface area contributed by atoms with Gasteiger partial charge in [0.1, 0.15) is 5.75 Å². The third-order valence-corrected chi connectivity index (χ3v) is 3.63. The molecule has 0 unspecified atom stereocenters. The molecule has 0 spiro atoms. The van der Waals surface area contributed by atoms with E-state index in [1.807, 2.05) is 12.1 Å². The van der Waals surface area contributed by atoms with E-state index in [9.17, 15) is 0 Å². The molecule has 0 bridgehead atoms. The molecule has 1 aliphatic carbocycles. The second-order valence-electron chi connectivity index (χ2n) is 4.91. The predicted octanol–water partition coefficient (Wildman–Crippen LogP) is 4.70. The van der Waals surface area contributed by atoms with Gasteiger partial charge in [0, 0.05) is 0 Å². The lowest BCUT2D eigenvalue weighted by Crippen LogP contribution is -1.93. The van der Waals surface area contributed by atoms with Crippen molar-refractivity contribution in [1.29, 1.82) is 0 Å². The van der Waals surface area contributed by atoms with Crippen molar-refractivity contribution >= 4 is 5.57 Å². The van der Waals surface area contributed by atoms with Crippen LogP contribution in [-0.4, -0.2) is 7.11 Å². The molecule has 0 amide bonds. The molecule has 0 N–H and O–H groups in total. The van der Waals surface area contributed by atoms with Gasteiger partial charge in [-0.15, -0.1) is 0 Å². The molecular formula is C19H18O. The monoisotopic (exact) mass is 262 g/mol. The van der Waals surface area contributed by atoms with Crippen molar-refractivity contribution in [2.45, 2.75) is 12.8 Å². The van der Waals surface area contributed by atoms with E-state index >= 15 is 0 Å². The fraction of sp³-hybridized carbons (Fsp3) is 0.158. The van der Waals surface area contributed by atoms with Gasteiger partial charge >= 0.3 is 0 Å². The zero-order valence-electron chi connectivity index (χ0n) is 11.7. The van der Waals surface area contributed by atoms with Crippen molar-refractivity contribution in [3.05, 3.63) is 84.1 Å². The van der Waals surface area contributed by atoms with Crippen LogP contribution in [0.3, 0.4) is 0 Å². The summed E-state index contributed by atoms with van der Waals surface area (Å²) in [4.78, 5) is 0. The summed E-state index contributed by atoms with van der Waals surface area (Å²) in [6.07, 6.45) is 6.93. The Morgan fingerprint density at radius 2 is 1.40 bits per heavy atom. The number of benzene rings is 2. The first-order chi connectivity index (χ1) is 9.88. The predicted molar refractivity (Wildman–Crippen MR) is 83.3 cm³/mol. The van der Waals surface area contributed by atoms with Crippen LogP contribution in [0.5, 0.6) is 5.75 Å². The third-order valence-electron chi connectivity index (χ3n) is 3.63. The van der Waals surface area contributed by atoms with Crippen LogP contribution in [0.1, 0.15) is 24.0 Å². The second-order valence-corrected chi connectivity index (χ2v) is 4.91. The first-order valence-electron chi connectivity index (χ1n) is 6.99. The molecule has 2 aromatic rings. The van der Waals surface area contributed by atoms with Gasteiger partial charge in [-0.25, -0.2) is 0 Å². The number of methoxy groups -OCH3 is 1. The Morgan fingerprint density at radius 3 is 2.00 bits per heavy atom. The fourth-order valence-corrected chi connectivity index (χ4v) is 2.63. The Balaban J connectivity index is 2.08. The fourth-order valence-electron chi connectivity index (χ4n) is 2.63. The molecule has 1 nitrogen and oxygen atoms in total. The van der Waals surface area contributed by atoms with E-state index in [-0.39, 0.29) is 0 Å². The minimum Gasteiger partial charge on any atom is -0.497 e. The molecular weight excluding hydrogens is 244 g/mol. The maximum Gasteiger partial charge on any atom is 0.118 e. The van der Waals surface area contributed by atoms with Gasteiger partial charge in [0.15, 0.2) is 0 Å². The Morgan fingerprint density at radius 1 is 0.800 bits per heavy atom. The topological polar surface area (TPSA) is 9.23 Å². The largest absolute Gasteiger partial charge is 0.497 e. The lowest BCUT2D eigenvalue weighted by molar-refractivity contribution is 0.415. The molecule has 1 fully saturated rings. The minimum atomic E-state index is 0.894. The Bertz CT molecular complexity index is 585. The maximum absolute atomic E-state index is 5.25. The summed E-state index contributed by atoms with van der Waals surface area (Å²) in [5, 5.41) is 0. The Hall–Kier alpha value is -2.02. The van der Waals surface area contributed by atoms with Crippen LogP contribution in [0.25, 0.3) is 5.57 Å². The SMILES string of the molecule is COc1ccc(C(=C2[CH]CC[CH]2)c2ccccc2)cc1. The van der Waals surface area contributed by atoms with Crippen LogP contribution in [0.15, 0.2) is 60.2 Å². The van der Waals surface area contributed by atoms with Crippen LogP contribution in [0.2, 0.25) is 0 Å². The highest BCUT2D eigenvalue weighted by Crippen LogP contribution is 2.35. The summed E-state index contributed by atoms with van der Waals surface area (Å²) in [7, 11) is 1.70. The molecule has 1 heteroatoms. The van der Waals surface area contributed by atoms with Crippen molar-refractivity contribution in [3.8, 4) is 5.75 Å². The van der Waals surface area contributed by atoms with Crippen molar-refractivity contribution in [2.24, 2.45) is 0 Å². The number of hydrogen-bond donors (Lipinski definition) is 0. The van der Waals surface area contributed by atoms with Crippen molar-refractivity contribution in [1.82, 2.24) is 0 Å². The first kappa shape index (κ1) is 13.0. The molecule has 2 radical (unpaired) electrons. The van der Waals surface area contributed by atoms with Crippen LogP contribution in [0.4, 0.5) is 0 Å². The Labute approximate surface area is 120 Å².